The Balaban J connectivity index is 1.33. The Labute approximate surface area is 184 Å². The van der Waals surface area contributed by atoms with Gasteiger partial charge < -0.3 is 14.7 Å². The fraction of sp³-hybridized carbons (Fsp3) is 0.520. The lowest BCUT2D eigenvalue weighted by Gasteiger charge is -2.32. The lowest BCUT2D eigenvalue weighted by molar-refractivity contribution is 0.119. The summed E-state index contributed by atoms with van der Waals surface area (Å²) in [5.41, 5.74) is 4.83. The first-order chi connectivity index (χ1) is 15.3. The van der Waals surface area contributed by atoms with Crippen LogP contribution in [0.5, 0.6) is 0 Å². The van der Waals surface area contributed by atoms with Crippen molar-refractivity contribution in [2.24, 2.45) is 0 Å². The molecule has 0 radical (unpaired) electrons. The summed E-state index contributed by atoms with van der Waals surface area (Å²) in [6.07, 6.45) is 7.32. The molecule has 6 nitrogen and oxygen atoms in total. The molecule has 0 spiro atoms. The second kappa shape index (κ2) is 9.47. The number of nitrogens with zero attached hydrogens (tertiary/aromatic N) is 4. The summed E-state index contributed by atoms with van der Waals surface area (Å²) in [5, 5.41) is 10.6. The van der Waals surface area contributed by atoms with E-state index in [-0.39, 0.29) is 0 Å². The van der Waals surface area contributed by atoms with Gasteiger partial charge in [-0.25, -0.2) is 9.97 Å². The zero-order chi connectivity index (χ0) is 21.0. The molecule has 3 aliphatic rings. The molecule has 0 amide bonds. The molecule has 6 heteroatoms. The summed E-state index contributed by atoms with van der Waals surface area (Å²) >= 11 is 0. The average molecular weight is 421 g/mol. The normalized spacial score (nSPS) is 20.8. The van der Waals surface area contributed by atoms with Crippen molar-refractivity contribution in [2.75, 3.05) is 50.8 Å². The average Bonchev–Trinajstić information content (AvgIpc) is 2.85. The molecule has 2 aromatic rings. The lowest BCUT2D eigenvalue weighted by atomic mass is 9.95. The Morgan fingerprint density at radius 2 is 1.77 bits per heavy atom. The molecule has 0 saturated carbocycles. The molecule has 1 unspecified atom stereocenters. The summed E-state index contributed by atoms with van der Waals surface area (Å²) in [5.74, 6) is 2.05. The SMILES string of the molecule is OC(CN1CC=C(c2nc3c(c(N4CCOCC4)n2)CCCC3)CC1)c1ccccc1. The van der Waals surface area contributed by atoms with Crippen LogP contribution >= 0.6 is 0 Å². The zero-order valence-electron chi connectivity index (χ0n) is 18.2. The third-order valence-electron chi connectivity index (χ3n) is 6.67. The fourth-order valence-electron chi connectivity index (χ4n) is 4.86. The van der Waals surface area contributed by atoms with Crippen LogP contribution in [0.15, 0.2) is 36.4 Å². The quantitative estimate of drug-likeness (QED) is 0.802. The number of aryl methyl sites for hydroxylation is 1. The zero-order valence-corrected chi connectivity index (χ0v) is 18.2. The van der Waals surface area contributed by atoms with Gasteiger partial charge in [0.2, 0.25) is 0 Å². The van der Waals surface area contributed by atoms with Crippen molar-refractivity contribution in [3.8, 4) is 0 Å². The molecule has 31 heavy (non-hydrogen) atoms. The second-order valence-corrected chi connectivity index (χ2v) is 8.77. The molecule has 0 bridgehead atoms. The number of hydrogen-bond acceptors (Lipinski definition) is 6. The molecule has 1 aromatic heterocycles. The Morgan fingerprint density at radius 1 is 0.968 bits per heavy atom. The van der Waals surface area contributed by atoms with Gasteiger partial charge >= 0.3 is 0 Å². The third kappa shape index (κ3) is 4.66. The van der Waals surface area contributed by atoms with Gasteiger partial charge in [0.05, 0.1) is 19.3 Å². The van der Waals surface area contributed by atoms with E-state index in [2.05, 4.69) is 15.9 Å². The molecule has 1 atom stereocenters. The second-order valence-electron chi connectivity index (χ2n) is 8.77. The Bertz CT molecular complexity index is 925. The van der Waals surface area contributed by atoms with E-state index in [4.69, 9.17) is 14.7 Å². The summed E-state index contributed by atoms with van der Waals surface area (Å²) in [6, 6.07) is 9.92. The van der Waals surface area contributed by atoms with Crippen LogP contribution in [0.1, 0.15) is 48.0 Å². The predicted octanol–water partition coefficient (Wildman–Crippen LogP) is 3.01. The summed E-state index contributed by atoms with van der Waals surface area (Å²) in [6.45, 7) is 5.76. The minimum atomic E-state index is -0.455. The van der Waals surface area contributed by atoms with Crippen LogP contribution in [0.4, 0.5) is 5.82 Å². The van der Waals surface area contributed by atoms with Crippen molar-refractivity contribution in [1.29, 1.82) is 0 Å². The molecule has 1 saturated heterocycles. The van der Waals surface area contributed by atoms with Crippen molar-refractivity contribution < 1.29 is 9.84 Å². The maximum atomic E-state index is 10.6. The first-order valence-electron chi connectivity index (χ1n) is 11.6. The standard InChI is InChI=1S/C25H32N4O2/c30-23(19-6-2-1-3-7-19)18-28-12-10-20(11-13-28)24-26-22-9-5-4-8-21(22)25(27-24)29-14-16-31-17-15-29/h1-3,6-7,10,23,30H,4-5,8-9,11-18H2. The molecule has 1 N–H and O–H groups in total. The third-order valence-corrected chi connectivity index (χ3v) is 6.67. The number of aliphatic hydroxyl groups is 1. The monoisotopic (exact) mass is 420 g/mol. The van der Waals surface area contributed by atoms with E-state index in [0.29, 0.717) is 6.54 Å². The topological polar surface area (TPSA) is 61.7 Å². The highest BCUT2D eigenvalue weighted by Gasteiger charge is 2.25. The first kappa shape index (κ1) is 20.6. The van der Waals surface area contributed by atoms with Crippen LogP contribution in [0.25, 0.3) is 5.57 Å². The van der Waals surface area contributed by atoms with Gasteiger partial charge in [-0.1, -0.05) is 36.4 Å². The van der Waals surface area contributed by atoms with Gasteiger partial charge in [-0.15, -0.1) is 0 Å². The van der Waals surface area contributed by atoms with Crippen molar-refractivity contribution in [1.82, 2.24) is 14.9 Å². The van der Waals surface area contributed by atoms with E-state index >= 15 is 0 Å². The molecule has 5 rings (SSSR count). The minimum Gasteiger partial charge on any atom is -0.387 e. The van der Waals surface area contributed by atoms with E-state index < -0.39 is 6.10 Å². The summed E-state index contributed by atoms with van der Waals surface area (Å²) in [4.78, 5) is 14.8. The molecule has 1 fully saturated rings. The Hall–Kier alpha value is -2.28. The molecular formula is C25H32N4O2. The van der Waals surface area contributed by atoms with Gasteiger partial charge in [0.15, 0.2) is 5.82 Å². The van der Waals surface area contributed by atoms with Gasteiger partial charge in [0, 0.05) is 44.0 Å². The Morgan fingerprint density at radius 3 is 2.55 bits per heavy atom. The van der Waals surface area contributed by atoms with Gasteiger partial charge in [0.25, 0.3) is 0 Å². The van der Waals surface area contributed by atoms with Gasteiger partial charge in [-0.3, -0.25) is 4.90 Å². The number of hydrogen-bond donors (Lipinski definition) is 1. The van der Waals surface area contributed by atoms with Crippen molar-refractivity contribution in [3.63, 3.8) is 0 Å². The smallest absolute Gasteiger partial charge is 0.157 e. The molecule has 3 heterocycles. The predicted molar refractivity (Wildman–Crippen MR) is 122 cm³/mol. The van der Waals surface area contributed by atoms with Gasteiger partial charge in [0.1, 0.15) is 5.82 Å². The Kier molecular flexibility index (Phi) is 6.30. The van der Waals surface area contributed by atoms with Crippen LogP contribution in [-0.4, -0.2) is 65.9 Å². The largest absolute Gasteiger partial charge is 0.387 e. The summed E-state index contributed by atoms with van der Waals surface area (Å²) < 4.78 is 5.56. The first-order valence-corrected chi connectivity index (χ1v) is 11.6. The maximum absolute atomic E-state index is 10.6. The van der Waals surface area contributed by atoms with Gasteiger partial charge in [-0.2, -0.15) is 0 Å². The van der Waals surface area contributed by atoms with E-state index in [9.17, 15) is 5.11 Å². The van der Waals surface area contributed by atoms with Crippen LogP contribution < -0.4 is 4.90 Å². The minimum absolute atomic E-state index is 0.455. The van der Waals surface area contributed by atoms with Crippen LogP contribution in [0, 0.1) is 0 Å². The fourth-order valence-corrected chi connectivity index (χ4v) is 4.86. The highest BCUT2D eigenvalue weighted by molar-refractivity contribution is 5.64. The van der Waals surface area contributed by atoms with E-state index in [1.807, 2.05) is 30.3 Å². The lowest BCUT2D eigenvalue weighted by Crippen LogP contribution is -2.38. The molecule has 164 valence electrons. The van der Waals surface area contributed by atoms with Crippen molar-refractivity contribution in [2.45, 2.75) is 38.2 Å². The van der Waals surface area contributed by atoms with Gasteiger partial charge in [-0.05, 0) is 43.2 Å². The number of morpholine rings is 1. The molecular weight excluding hydrogens is 388 g/mol. The van der Waals surface area contributed by atoms with Crippen LogP contribution in [-0.2, 0) is 17.6 Å². The van der Waals surface area contributed by atoms with Crippen molar-refractivity contribution in [3.05, 3.63) is 59.1 Å². The highest BCUT2D eigenvalue weighted by atomic mass is 16.5. The van der Waals surface area contributed by atoms with E-state index in [1.165, 1.54) is 29.7 Å². The molecule has 2 aliphatic heterocycles. The van der Waals surface area contributed by atoms with Crippen LogP contribution in [0.2, 0.25) is 0 Å². The number of anilines is 1. The number of aromatic nitrogens is 2. The number of β-amino-alcohol motifs (C(OH)–C–C–N with tert-alkyl or cyclic N) is 1. The number of fused-ring (bicyclic) bond motifs is 1. The number of ether oxygens (including phenoxy) is 1. The number of rotatable bonds is 5. The number of aliphatic hydroxyl groups excluding tert-OH is 1. The molecule has 1 aromatic carbocycles. The maximum Gasteiger partial charge on any atom is 0.157 e. The summed E-state index contributed by atoms with van der Waals surface area (Å²) in [7, 11) is 0. The highest BCUT2D eigenvalue weighted by Crippen LogP contribution is 2.31. The van der Waals surface area contributed by atoms with E-state index in [0.717, 1.165) is 75.9 Å². The van der Waals surface area contributed by atoms with E-state index in [1.54, 1.807) is 0 Å². The number of benzene rings is 1. The van der Waals surface area contributed by atoms with Crippen molar-refractivity contribution >= 4 is 11.4 Å². The molecule has 1 aliphatic carbocycles. The van der Waals surface area contributed by atoms with Crippen LogP contribution in [0.3, 0.4) is 0 Å².